The van der Waals surface area contributed by atoms with E-state index in [0.29, 0.717) is 17.6 Å². The first-order valence-corrected chi connectivity index (χ1v) is 42.5. The highest BCUT2D eigenvalue weighted by Crippen LogP contribution is 2.55. The number of likely N-dealkylation sites (N-methyl/N-ethyl adjacent to an activating group) is 1. The highest BCUT2D eigenvalue weighted by Gasteiger charge is 2.53. The molecular weight excluding hydrogens is 1700 g/mol. The maximum atomic E-state index is 16.7. The zero-order valence-electron chi connectivity index (χ0n) is 69.7. The summed E-state index contributed by atoms with van der Waals surface area (Å²) in [5.41, 5.74) is 2.89. The van der Waals surface area contributed by atoms with Crippen LogP contribution in [0.3, 0.4) is 0 Å². The largest absolute Gasteiger partial charge is 0.508 e. The van der Waals surface area contributed by atoms with Crippen molar-refractivity contribution < 1.29 is 127 Å². The van der Waals surface area contributed by atoms with Crippen molar-refractivity contribution in [3.05, 3.63) is 141 Å². The number of hydrogen-bond acceptors (Lipinski definition) is 28. The maximum absolute atomic E-state index is 16.7. The number of nitrogens with two attached hydrogens (primary N) is 1. The molecule has 0 radical (unpaired) electrons. The van der Waals surface area contributed by atoms with Crippen LogP contribution in [0.5, 0.6) is 51.7 Å². The number of halogens is 2. The second-order valence-corrected chi connectivity index (χ2v) is 35.0. The van der Waals surface area contributed by atoms with Crippen LogP contribution in [-0.4, -0.2) is 217 Å². The number of carbonyl (C=O) groups is 10. The molecule has 680 valence electrons. The van der Waals surface area contributed by atoms with E-state index in [2.05, 4.69) is 58.5 Å². The average molecular weight is 1800 g/mol. The molecule has 127 heavy (non-hydrogen) atoms. The fraction of sp³-hybridized carbons (Fsp3) is 0.471. The predicted octanol–water partition coefficient (Wildman–Crippen LogP) is 3.34. The van der Waals surface area contributed by atoms with Crippen LogP contribution in [0.2, 0.25) is 10.0 Å². The summed E-state index contributed by atoms with van der Waals surface area (Å²) in [5.74, 6) is -14.0. The monoisotopic (exact) mass is 1800 g/mol. The lowest BCUT2D eigenvalue weighted by Gasteiger charge is -2.54. The van der Waals surface area contributed by atoms with E-state index < -0.39 is 237 Å². The summed E-state index contributed by atoms with van der Waals surface area (Å²) in [6.07, 6.45) is -14.8. The molecular formula is C87H102Cl2N12O26. The van der Waals surface area contributed by atoms with Gasteiger partial charge in [-0.2, -0.15) is 0 Å². The molecule has 0 aromatic heterocycles. The first kappa shape index (κ1) is 92.0. The number of fused-ring (bicyclic) bond motifs is 15. The number of benzene rings is 6. The van der Waals surface area contributed by atoms with Gasteiger partial charge in [-0.1, -0.05) is 55.2 Å². The standard InChI is InChI=1S/C87H102Cl2N12O26/c1-35(2)19-53(91-6)78(113)100-69-71(108)41-8-15-57(51(88)26-41)123-59-28-45-29-60(75(59)127-85-76(74(111)73(110)61(34-102)125-85)126-63-33-87(5,90)77(112)36(3)122-63)124-58-16-9-42(27-52(58)89)72(109)70-84(119)99-68(82(117)96-65-43-21-38-20-39(23-43)24-44(65)22-38)50-30-47(104)31-56(106)64(50)49-25-40(7-14-55(49)105)66(80(115)101-70)98-81(116)67(45)97-79(114)54(94-83(69)118)32-62(107)95-86(120)93-46-10-12-48(13-11-46)121-18-17-92-37(4)103/h7-16,25-31,35-36,38-39,43-44,53-54,61,63,65-74,76-77,85,91,102,104-106,108-112H,17-24,32-34,90H2,1-6H3,(H,92,103)(H,94,118)(H,96,117)(H,97,114)(H,98,116)(H,99,119)(H,100,113)(H,101,115)(H2,93,95,107,120)/t36-,38?,39?,43?,44?,53+,54?,61+,63?,65?,66+,67?,68+,69?,70-,71+,72+,73+,74-,76+,77+,85+,87-/m0/s1. The van der Waals surface area contributed by atoms with Gasteiger partial charge in [0.15, 0.2) is 23.9 Å². The van der Waals surface area contributed by atoms with Gasteiger partial charge in [0.1, 0.15) is 108 Å². The Balaban J connectivity index is 0.947. The highest BCUT2D eigenvalue weighted by atomic mass is 35.5. The Hall–Kier alpha value is -11.2. The number of aromatic hydroxyl groups is 3. The fourth-order valence-corrected chi connectivity index (χ4v) is 18.7. The number of imide groups is 1. The lowest BCUT2D eigenvalue weighted by molar-refractivity contribution is -0.333. The Morgan fingerprint density at radius 3 is 1.91 bits per heavy atom. The third-order valence-electron chi connectivity index (χ3n) is 24.4. The number of amides is 11. The van der Waals surface area contributed by atoms with E-state index in [4.69, 9.17) is 62.1 Å². The average Bonchev–Trinajstić information content (AvgIpc) is 0.757. The van der Waals surface area contributed by atoms with Crippen molar-refractivity contribution >= 4 is 88.1 Å². The van der Waals surface area contributed by atoms with E-state index >= 15 is 28.8 Å². The van der Waals surface area contributed by atoms with Crippen molar-refractivity contribution in [2.75, 3.05) is 32.1 Å². The summed E-state index contributed by atoms with van der Waals surface area (Å²) in [4.78, 5) is 150. The summed E-state index contributed by atoms with van der Waals surface area (Å²) >= 11 is 14.5. The number of rotatable bonds is 19. The molecule has 4 unspecified atom stereocenters. The Kier molecular flexibility index (Phi) is 27.8. The Morgan fingerprint density at radius 1 is 0.669 bits per heavy atom. The van der Waals surface area contributed by atoms with Gasteiger partial charge in [0, 0.05) is 47.8 Å². The molecule has 7 aliphatic heterocycles. The number of phenols is 3. The van der Waals surface area contributed by atoms with Gasteiger partial charge in [-0.25, -0.2) is 4.79 Å². The Labute approximate surface area is 737 Å². The maximum Gasteiger partial charge on any atom is 0.325 e. The van der Waals surface area contributed by atoms with Crippen LogP contribution in [0, 0.1) is 29.6 Å². The van der Waals surface area contributed by atoms with Gasteiger partial charge in [-0.3, -0.25) is 48.5 Å². The molecule has 11 amide bonds. The van der Waals surface area contributed by atoms with E-state index in [9.17, 15) is 65.1 Å². The van der Waals surface area contributed by atoms with Gasteiger partial charge >= 0.3 is 6.03 Å². The minimum atomic E-state index is -2.44. The third-order valence-corrected chi connectivity index (χ3v) is 25.0. The molecule has 4 saturated carbocycles. The van der Waals surface area contributed by atoms with Crippen molar-refractivity contribution in [2.24, 2.45) is 35.3 Å². The van der Waals surface area contributed by atoms with Crippen molar-refractivity contribution in [2.45, 2.75) is 201 Å². The molecule has 17 rings (SSSR count). The molecule has 11 aliphatic rings. The summed E-state index contributed by atoms with van der Waals surface area (Å²) in [6, 6.07) is 4.05. The second kappa shape index (κ2) is 38.4. The van der Waals surface area contributed by atoms with Crippen molar-refractivity contribution in [1.29, 1.82) is 0 Å². The summed E-state index contributed by atoms with van der Waals surface area (Å²) < 4.78 is 44.7. The first-order chi connectivity index (χ1) is 60.4. The van der Waals surface area contributed by atoms with E-state index in [1.54, 1.807) is 0 Å². The van der Waals surface area contributed by atoms with Gasteiger partial charge in [0.25, 0.3) is 0 Å². The van der Waals surface area contributed by atoms with Crippen molar-refractivity contribution in [1.82, 2.24) is 53.2 Å². The van der Waals surface area contributed by atoms with Gasteiger partial charge in [0.2, 0.25) is 65.2 Å². The van der Waals surface area contributed by atoms with E-state index in [-0.39, 0.29) is 94.5 Å². The van der Waals surface area contributed by atoms with E-state index in [1.165, 1.54) is 76.3 Å². The van der Waals surface area contributed by atoms with E-state index in [1.807, 2.05) is 13.8 Å². The lowest BCUT2D eigenvalue weighted by Crippen LogP contribution is -2.64. The molecule has 0 spiro atoms. The minimum absolute atomic E-state index is 0.0466. The highest BCUT2D eigenvalue weighted by molar-refractivity contribution is 6.32. The van der Waals surface area contributed by atoms with Crippen molar-refractivity contribution in [3.8, 4) is 62.9 Å². The minimum Gasteiger partial charge on any atom is -0.508 e. The second-order valence-electron chi connectivity index (χ2n) is 34.2. The third kappa shape index (κ3) is 20.4. The van der Waals surface area contributed by atoms with Gasteiger partial charge in [-0.15, -0.1) is 0 Å². The molecule has 15 bridgehead atoms. The zero-order chi connectivity index (χ0) is 91.0. The van der Waals surface area contributed by atoms with Crippen LogP contribution in [0.4, 0.5) is 10.5 Å². The molecule has 4 aliphatic carbocycles. The van der Waals surface area contributed by atoms with Gasteiger partial charge in [-0.05, 0) is 196 Å². The van der Waals surface area contributed by atoms with Crippen LogP contribution in [-0.2, 0) is 57.4 Å². The van der Waals surface area contributed by atoms with E-state index in [0.717, 1.165) is 86.7 Å². The van der Waals surface area contributed by atoms with Crippen LogP contribution < -0.4 is 83.2 Å². The summed E-state index contributed by atoms with van der Waals surface area (Å²) in [6.45, 7) is 7.21. The predicted molar refractivity (Wildman–Crippen MR) is 449 cm³/mol. The molecule has 7 heterocycles. The molecule has 40 heteroatoms. The topological polar surface area (TPSA) is 576 Å². The molecule has 6 aromatic carbocycles. The number of aliphatic hydroxyl groups excluding tert-OH is 6. The van der Waals surface area contributed by atoms with Crippen LogP contribution in [0.25, 0.3) is 11.1 Å². The lowest BCUT2D eigenvalue weighted by atomic mass is 9.54. The number of nitrogens with one attached hydrogen (secondary N) is 11. The van der Waals surface area contributed by atoms with Gasteiger partial charge < -0.3 is 138 Å². The zero-order valence-corrected chi connectivity index (χ0v) is 71.2. The Morgan fingerprint density at radius 2 is 1.29 bits per heavy atom. The number of urea groups is 1. The number of aliphatic hydroxyl groups is 6. The molecule has 22 N–H and O–H groups in total. The molecule has 6 aromatic rings. The number of ether oxygens (including phenoxy) is 7. The summed E-state index contributed by atoms with van der Waals surface area (Å²) in [5, 5.41) is 135. The smallest absolute Gasteiger partial charge is 0.325 e. The molecule has 2 saturated heterocycles. The summed E-state index contributed by atoms with van der Waals surface area (Å²) in [7, 11) is 1.46. The van der Waals surface area contributed by atoms with Gasteiger partial charge in [0.05, 0.1) is 47.9 Å². The SMILES string of the molecule is CN[C@H](CC(C)C)C(=O)NC1C(=O)NC(CC(=O)NC(=O)Nc2ccc(OCCNC(C)=O)cc2)C(=O)NC2C(=O)N[C@H]3C(=O)N[C@H](C(=O)N[C@@H](C(=O)NC4C5CC6CC(C5)CC4C6)c4cc(O)cc(O)c4-c4cc3ccc4O)[C@H](O)c3ccc(c(Cl)c3)Oc3cc2cc(c3O[C@H]2O[C@H](CO)[C@@H](O)[C@H](O)[C@H]2OC2C[C@](C)(N)[C@H](O)[C@H](C)O2)Oc2ccc(cc2Cl)[C@H]1O. The Bertz CT molecular complexity index is 5200. The molecule has 18 atom stereocenters. The number of phenolic OH excluding ortho intramolecular Hbond substituents is 3. The number of carbonyl (C=O) groups excluding carboxylic acids is 10. The van der Waals surface area contributed by atoms with Crippen LogP contribution >= 0.6 is 23.2 Å². The number of anilines is 1. The quantitative estimate of drug-likeness (QED) is 0.0517. The molecule has 6 fully saturated rings. The van der Waals surface area contributed by atoms with Crippen molar-refractivity contribution in [3.63, 3.8) is 0 Å². The normalized spacial score (nSPS) is 30.0. The molecule has 38 nitrogen and oxygen atoms in total. The van der Waals surface area contributed by atoms with Crippen LogP contribution in [0.1, 0.15) is 144 Å². The van der Waals surface area contributed by atoms with Crippen LogP contribution in [0.15, 0.2) is 103 Å². The fourth-order valence-electron chi connectivity index (χ4n) is 18.3. The first-order valence-electron chi connectivity index (χ1n) is 41.7. The number of hydrogen-bond donors (Lipinski definition) is 21.